The average molecular weight is 438 g/mol. The molecule has 7 heteroatoms. The second-order valence-corrected chi connectivity index (χ2v) is 9.39. The van der Waals surface area contributed by atoms with Crippen LogP contribution in [0.2, 0.25) is 0 Å². The van der Waals surface area contributed by atoms with Gasteiger partial charge in [0.05, 0.1) is 16.5 Å². The Balaban J connectivity index is 1.18. The summed E-state index contributed by atoms with van der Waals surface area (Å²) in [5.41, 5.74) is 1.14. The lowest BCUT2D eigenvalue weighted by molar-refractivity contribution is -0.126. The van der Waals surface area contributed by atoms with Gasteiger partial charge in [0.15, 0.2) is 0 Å². The fourth-order valence-electron chi connectivity index (χ4n) is 4.51. The van der Waals surface area contributed by atoms with Crippen molar-refractivity contribution in [2.75, 3.05) is 26.2 Å². The van der Waals surface area contributed by atoms with Gasteiger partial charge in [0, 0.05) is 38.4 Å². The SMILES string of the molecule is O=C(NCC1CCCO1)C1CCN(C(=O)c2ccc(-n3ccc4ccccc43)s2)CC1. The number of likely N-dealkylation sites (tertiary alicyclic amines) is 1. The van der Waals surface area contributed by atoms with Crippen molar-refractivity contribution in [3.05, 3.63) is 53.5 Å². The molecule has 5 rings (SSSR count). The summed E-state index contributed by atoms with van der Waals surface area (Å²) in [7, 11) is 0. The van der Waals surface area contributed by atoms with E-state index in [1.54, 1.807) is 0 Å². The number of nitrogens with one attached hydrogen (secondary N) is 1. The molecule has 0 saturated carbocycles. The predicted molar refractivity (Wildman–Crippen MR) is 122 cm³/mol. The number of piperidine rings is 1. The third kappa shape index (κ3) is 4.25. The molecule has 31 heavy (non-hydrogen) atoms. The Morgan fingerprint density at radius 3 is 2.71 bits per heavy atom. The Morgan fingerprint density at radius 1 is 1.06 bits per heavy atom. The summed E-state index contributed by atoms with van der Waals surface area (Å²) in [6.07, 6.45) is 5.73. The van der Waals surface area contributed by atoms with E-state index in [2.05, 4.69) is 28.1 Å². The van der Waals surface area contributed by atoms with E-state index in [1.807, 2.05) is 35.4 Å². The predicted octanol–water partition coefficient (Wildman–Crippen LogP) is 3.84. The van der Waals surface area contributed by atoms with E-state index >= 15 is 0 Å². The summed E-state index contributed by atoms with van der Waals surface area (Å²) in [6.45, 7) is 2.64. The molecule has 2 aliphatic rings. The van der Waals surface area contributed by atoms with Crippen LogP contribution in [0.1, 0.15) is 35.4 Å². The van der Waals surface area contributed by atoms with Gasteiger partial charge < -0.3 is 19.5 Å². The number of carbonyl (C=O) groups excluding carboxylic acids is 2. The Morgan fingerprint density at radius 2 is 1.90 bits per heavy atom. The zero-order valence-corrected chi connectivity index (χ0v) is 18.3. The Kier molecular flexibility index (Phi) is 5.78. The molecular weight excluding hydrogens is 410 g/mol. The van der Waals surface area contributed by atoms with Gasteiger partial charge in [-0.15, -0.1) is 11.3 Å². The number of rotatable bonds is 5. The molecule has 1 atom stereocenters. The molecule has 1 N–H and O–H groups in total. The molecule has 0 bridgehead atoms. The minimum Gasteiger partial charge on any atom is -0.376 e. The van der Waals surface area contributed by atoms with Gasteiger partial charge in [-0.2, -0.15) is 0 Å². The molecule has 3 aromatic rings. The van der Waals surface area contributed by atoms with Crippen LogP contribution in [0.25, 0.3) is 15.9 Å². The number of hydrogen-bond donors (Lipinski definition) is 1. The number of fused-ring (bicyclic) bond motifs is 1. The Hall–Kier alpha value is -2.64. The van der Waals surface area contributed by atoms with E-state index in [9.17, 15) is 9.59 Å². The van der Waals surface area contributed by atoms with Crippen molar-refractivity contribution in [1.82, 2.24) is 14.8 Å². The normalized spacial score (nSPS) is 19.7. The van der Waals surface area contributed by atoms with Crippen LogP contribution in [-0.4, -0.2) is 53.6 Å². The maximum atomic E-state index is 13.0. The molecule has 4 heterocycles. The highest BCUT2D eigenvalue weighted by Gasteiger charge is 2.29. The first-order chi connectivity index (χ1) is 15.2. The van der Waals surface area contributed by atoms with E-state index in [1.165, 1.54) is 16.7 Å². The second-order valence-electron chi connectivity index (χ2n) is 8.33. The van der Waals surface area contributed by atoms with E-state index in [-0.39, 0.29) is 23.8 Å². The highest BCUT2D eigenvalue weighted by atomic mass is 32.1. The summed E-state index contributed by atoms with van der Waals surface area (Å²) in [5, 5.41) is 5.25. The van der Waals surface area contributed by atoms with Crippen LogP contribution in [0.5, 0.6) is 0 Å². The largest absolute Gasteiger partial charge is 0.376 e. The smallest absolute Gasteiger partial charge is 0.263 e. The number of nitrogens with zero attached hydrogens (tertiary/aromatic N) is 2. The van der Waals surface area contributed by atoms with Gasteiger partial charge in [-0.05, 0) is 55.3 Å². The van der Waals surface area contributed by atoms with Crippen LogP contribution >= 0.6 is 11.3 Å². The second kappa shape index (κ2) is 8.85. The number of aromatic nitrogens is 1. The first-order valence-corrected chi connectivity index (χ1v) is 11.9. The van der Waals surface area contributed by atoms with E-state index in [0.717, 1.165) is 34.8 Å². The number of hydrogen-bond acceptors (Lipinski definition) is 4. The van der Waals surface area contributed by atoms with Gasteiger partial charge in [-0.25, -0.2) is 0 Å². The molecule has 1 aromatic carbocycles. The number of benzene rings is 1. The fraction of sp³-hybridized carbons (Fsp3) is 0.417. The van der Waals surface area contributed by atoms with Gasteiger partial charge in [0.25, 0.3) is 5.91 Å². The molecular formula is C24H27N3O3S. The van der Waals surface area contributed by atoms with Gasteiger partial charge in [-0.1, -0.05) is 18.2 Å². The van der Waals surface area contributed by atoms with Crippen LogP contribution in [-0.2, 0) is 9.53 Å². The standard InChI is InChI=1S/C24H27N3O3S/c28-23(25-16-19-5-3-15-30-19)18-9-12-26(13-10-18)24(29)21-7-8-22(31-21)27-14-11-17-4-1-2-6-20(17)27/h1-2,4,6-8,11,14,18-19H,3,5,9-10,12-13,15-16H2,(H,25,28). The zero-order valence-electron chi connectivity index (χ0n) is 17.5. The third-order valence-corrected chi connectivity index (χ3v) is 7.39. The molecule has 1 unspecified atom stereocenters. The molecule has 2 aliphatic heterocycles. The molecule has 0 aliphatic carbocycles. The number of para-hydroxylation sites is 1. The van der Waals surface area contributed by atoms with Crippen molar-refractivity contribution >= 4 is 34.1 Å². The fourth-order valence-corrected chi connectivity index (χ4v) is 5.48. The number of thiophene rings is 1. The van der Waals surface area contributed by atoms with Gasteiger partial charge in [-0.3, -0.25) is 9.59 Å². The first kappa shape index (κ1) is 20.3. The zero-order chi connectivity index (χ0) is 21.2. The Bertz CT molecular complexity index is 1070. The quantitative estimate of drug-likeness (QED) is 0.660. The topological polar surface area (TPSA) is 63.6 Å². The van der Waals surface area contributed by atoms with Crippen LogP contribution < -0.4 is 5.32 Å². The maximum absolute atomic E-state index is 13.0. The molecule has 2 fully saturated rings. The Labute approximate surface area is 185 Å². The van der Waals surface area contributed by atoms with E-state index < -0.39 is 0 Å². The van der Waals surface area contributed by atoms with Crippen LogP contribution in [0.15, 0.2) is 48.7 Å². The van der Waals surface area contributed by atoms with Gasteiger partial charge in [0.1, 0.15) is 5.00 Å². The molecule has 6 nitrogen and oxygen atoms in total. The van der Waals surface area contributed by atoms with E-state index in [0.29, 0.717) is 32.5 Å². The number of carbonyl (C=O) groups is 2. The van der Waals surface area contributed by atoms with Crippen molar-refractivity contribution in [1.29, 1.82) is 0 Å². The van der Waals surface area contributed by atoms with Gasteiger partial charge in [0.2, 0.25) is 5.91 Å². The summed E-state index contributed by atoms with van der Waals surface area (Å²) in [6, 6.07) is 14.2. The summed E-state index contributed by atoms with van der Waals surface area (Å²) in [5.74, 6) is 0.141. The number of ether oxygens (including phenoxy) is 1. The molecule has 0 spiro atoms. The van der Waals surface area contributed by atoms with Crippen LogP contribution in [0.4, 0.5) is 0 Å². The monoisotopic (exact) mass is 437 g/mol. The minimum atomic E-state index is -0.0180. The lowest BCUT2D eigenvalue weighted by atomic mass is 9.95. The van der Waals surface area contributed by atoms with Crippen molar-refractivity contribution < 1.29 is 14.3 Å². The first-order valence-electron chi connectivity index (χ1n) is 11.0. The lowest BCUT2D eigenvalue weighted by Gasteiger charge is -2.31. The molecule has 2 amide bonds. The van der Waals surface area contributed by atoms with Crippen molar-refractivity contribution in [3.8, 4) is 5.00 Å². The van der Waals surface area contributed by atoms with Gasteiger partial charge >= 0.3 is 0 Å². The van der Waals surface area contributed by atoms with Crippen molar-refractivity contribution in [2.45, 2.75) is 31.8 Å². The van der Waals surface area contributed by atoms with Crippen molar-refractivity contribution in [3.63, 3.8) is 0 Å². The summed E-state index contributed by atoms with van der Waals surface area (Å²) >= 11 is 1.52. The van der Waals surface area contributed by atoms with Crippen LogP contribution in [0.3, 0.4) is 0 Å². The van der Waals surface area contributed by atoms with Crippen LogP contribution in [0, 0.1) is 5.92 Å². The van der Waals surface area contributed by atoms with Crippen molar-refractivity contribution in [2.24, 2.45) is 5.92 Å². The maximum Gasteiger partial charge on any atom is 0.263 e. The molecule has 2 saturated heterocycles. The molecule has 2 aromatic heterocycles. The average Bonchev–Trinajstić information content (AvgIpc) is 3.57. The highest BCUT2D eigenvalue weighted by molar-refractivity contribution is 7.16. The van der Waals surface area contributed by atoms with E-state index in [4.69, 9.17) is 4.74 Å². The summed E-state index contributed by atoms with van der Waals surface area (Å²) in [4.78, 5) is 28.1. The summed E-state index contributed by atoms with van der Waals surface area (Å²) < 4.78 is 7.70. The highest BCUT2D eigenvalue weighted by Crippen LogP contribution is 2.28. The number of amides is 2. The minimum absolute atomic E-state index is 0.0180. The third-order valence-electron chi connectivity index (χ3n) is 6.32. The molecule has 0 radical (unpaired) electrons. The lowest BCUT2D eigenvalue weighted by Crippen LogP contribution is -2.44. The molecule has 162 valence electrons.